The number of alkyl halides is 3. The molecule has 1 aromatic carbocycles. The number of guanidine groups is 1. The van der Waals surface area contributed by atoms with Gasteiger partial charge in [-0.25, -0.2) is 0 Å². The predicted molar refractivity (Wildman–Crippen MR) is 109 cm³/mol. The fraction of sp³-hybridized carbons (Fsp3) is 0.588. The summed E-state index contributed by atoms with van der Waals surface area (Å²) in [6, 6.07) is 5.50. The summed E-state index contributed by atoms with van der Waals surface area (Å²) in [6.45, 7) is 0.317. The van der Waals surface area contributed by atoms with Crippen molar-refractivity contribution in [3.8, 4) is 11.5 Å². The molecular weight excluding hydrogens is 476 g/mol. The van der Waals surface area contributed by atoms with Gasteiger partial charge in [-0.15, -0.1) is 24.0 Å². The zero-order valence-corrected chi connectivity index (χ0v) is 17.9. The van der Waals surface area contributed by atoms with Gasteiger partial charge in [0.15, 0.2) is 17.5 Å². The van der Waals surface area contributed by atoms with Gasteiger partial charge in [0.2, 0.25) is 0 Å². The second-order valence-electron chi connectivity index (χ2n) is 6.06. The highest BCUT2D eigenvalue weighted by molar-refractivity contribution is 14.0. The summed E-state index contributed by atoms with van der Waals surface area (Å²) in [5.74, 6) is 1.80. The van der Waals surface area contributed by atoms with Gasteiger partial charge in [-0.1, -0.05) is 12.1 Å². The normalized spacial score (nSPS) is 18.0. The van der Waals surface area contributed by atoms with Crippen LogP contribution in [0.25, 0.3) is 0 Å². The average molecular weight is 502 g/mol. The minimum Gasteiger partial charge on any atom is -0.493 e. The number of hydrogen-bond donors (Lipinski definition) is 2. The molecule has 1 fully saturated rings. The number of nitrogens with zero attached hydrogens (tertiary/aromatic N) is 2. The van der Waals surface area contributed by atoms with Gasteiger partial charge in [-0.05, 0) is 12.5 Å². The summed E-state index contributed by atoms with van der Waals surface area (Å²) >= 11 is 0. The number of ether oxygens (including phenoxy) is 2. The summed E-state index contributed by atoms with van der Waals surface area (Å²) in [6.07, 6.45) is -3.53. The first-order valence-electron chi connectivity index (χ1n) is 8.32. The summed E-state index contributed by atoms with van der Waals surface area (Å²) in [7, 11) is 4.77. The van der Waals surface area contributed by atoms with Crippen molar-refractivity contribution in [2.75, 3.05) is 40.9 Å². The molecule has 0 amide bonds. The Morgan fingerprint density at radius 2 is 2.04 bits per heavy atom. The van der Waals surface area contributed by atoms with Crippen molar-refractivity contribution >= 4 is 29.9 Å². The van der Waals surface area contributed by atoms with Crippen molar-refractivity contribution in [1.82, 2.24) is 15.5 Å². The Labute approximate surface area is 174 Å². The molecule has 10 heteroatoms. The summed E-state index contributed by atoms with van der Waals surface area (Å²) in [4.78, 5) is 5.54. The van der Waals surface area contributed by atoms with Gasteiger partial charge in [-0.3, -0.25) is 9.89 Å². The van der Waals surface area contributed by atoms with E-state index in [4.69, 9.17) is 9.47 Å². The van der Waals surface area contributed by atoms with E-state index in [0.29, 0.717) is 43.5 Å². The Kier molecular flexibility index (Phi) is 9.43. The van der Waals surface area contributed by atoms with E-state index in [1.807, 2.05) is 18.2 Å². The number of benzene rings is 1. The SMILES string of the molecule is CN=C(NCc1cccc(OC)c1OC)NC1CCN(CC(F)(F)F)C1.I. The standard InChI is InChI=1S/C17H25F3N4O2.HI/c1-21-16(23-13-7-8-24(10-13)11-17(18,19)20)22-9-12-5-4-6-14(25-2)15(12)26-3;/h4-6,13H,7-11H2,1-3H3,(H2,21,22,23);1H. The topological polar surface area (TPSA) is 58.1 Å². The molecule has 0 saturated carbocycles. The number of rotatable bonds is 6. The third-order valence-corrected chi connectivity index (χ3v) is 4.17. The Morgan fingerprint density at radius 3 is 2.63 bits per heavy atom. The van der Waals surface area contributed by atoms with Gasteiger partial charge < -0.3 is 20.1 Å². The lowest BCUT2D eigenvalue weighted by Gasteiger charge is -2.20. The summed E-state index contributed by atoms with van der Waals surface area (Å²) in [5.41, 5.74) is 0.889. The van der Waals surface area contributed by atoms with E-state index in [1.165, 1.54) is 4.90 Å². The number of para-hydroxylation sites is 1. The first kappa shape index (κ1) is 23.6. The van der Waals surface area contributed by atoms with E-state index < -0.39 is 12.7 Å². The van der Waals surface area contributed by atoms with Crippen LogP contribution in [-0.2, 0) is 6.54 Å². The van der Waals surface area contributed by atoms with E-state index in [-0.39, 0.29) is 30.0 Å². The first-order valence-corrected chi connectivity index (χ1v) is 8.32. The molecule has 0 aromatic heterocycles. The number of methoxy groups -OCH3 is 2. The third-order valence-electron chi connectivity index (χ3n) is 4.17. The second-order valence-corrected chi connectivity index (χ2v) is 6.06. The Bertz CT molecular complexity index is 629. The molecular formula is C17H26F3IN4O2. The largest absolute Gasteiger partial charge is 0.493 e. The fourth-order valence-electron chi connectivity index (χ4n) is 3.01. The molecule has 1 saturated heterocycles. The van der Waals surface area contributed by atoms with Crippen LogP contribution in [-0.4, -0.2) is 64.0 Å². The molecule has 154 valence electrons. The number of halogens is 4. The van der Waals surface area contributed by atoms with Gasteiger partial charge >= 0.3 is 6.18 Å². The summed E-state index contributed by atoms with van der Waals surface area (Å²) < 4.78 is 48.1. The molecule has 0 bridgehead atoms. The molecule has 1 aromatic rings. The average Bonchev–Trinajstić information content (AvgIpc) is 3.02. The minimum absolute atomic E-state index is 0. The molecule has 1 aliphatic rings. The van der Waals surface area contributed by atoms with Gasteiger partial charge in [0.1, 0.15) is 0 Å². The van der Waals surface area contributed by atoms with Crippen LogP contribution in [0.15, 0.2) is 23.2 Å². The van der Waals surface area contributed by atoms with Crippen LogP contribution in [0.1, 0.15) is 12.0 Å². The highest BCUT2D eigenvalue weighted by Gasteiger charge is 2.34. The van der Waals surface area contributed by atoms with Crippen LogP contribution in [0.4, 0.5) is 13.2 Å². The van der Waals surface area contributed by atoms with Gasteiger partial charge in [-0.2, -0.15) is 13.2 Å². The van der Waals surface area contributed by atoms with Crippen LogP contribution in [0.3, 0.4) is 0 Å². The quantitative estimate of drug-likeness (QED) is 0.356. The molecule has 27 heavy (non-hydrogen) atoms. The number of likely N-dealkylation sites (tertiary alicyclic amines) is 1. The van der Waals surface area contributed by atoms with Crippen LogP contribution in [0, 0.1) is 0 Å². The Hall–Kier alpha value is -1.43. The molecule has 0 aliphatic carbocycles. The van der Waals surface area contributed by atoms with Crippen molar-refractivity contribution in [2.45, 2.75) is 25.2 Å². The molecule has 6 nitrogen and oxygen atoms in total. The molecule has 1 aliphatic heterocycles. The van der Waals surface area contributed by atoms with E-state index >= 15 is 0 Å². The van der Waals surface area contributed by atoms with E-state index in [9.17, 15) is 13.2 Å². The smallest absolute Gasteiger partial charge is 0.401 e. The zero-order valence-electron chi connectivity index (χ0n) is 15.6. The van der Waals surface area contributed by atoms with Gasteiger partial charge in [0.25, 0.3) is 0 Å². The van der Waals surface area contributed by atoms with Gasteiger partial charge in [0.05, 0.1) is 20.8 Å². The lowest BCUT2D eigenvalue weighted by atomic mass is 10.2. The van der Waals surface area contributed by atoms with E-state index in [1.54, 1.807) is 21.3 Å². The lowest BCUT2D eigenvalue weighted by Crippen LogP contribution is -2.44. The Balaban J connectivity index is 0.00000364. The molecule has 0 radical (unpaired) electrons. The maximum atomic E-state index is 12.5. The molecule has 1 unspecified atom stereocenters. The zero-order chi connectivity index (χ0) is 19.2. The van der Waals surface area contributed by atoms with Crippen LogP contribution in [0.5, 0.6) is 11.5 Å². The maximum absolute atomic E-state index is 12.5. The number of nitrogens with one attached hydrogen (secondary N) is 2. The van der Waals surface area contributed by atoms with Crippen LogP contribution >= 0.6 is 24.0 Å². The van der Waals surface area contributed by atoms with Crippen LogP contribution < -0.4 is 20.1 Å². The number of hydrogen-bond acceptors (Lipinski definition) is 4. The van der Waals surface area contributed by atoms with E-state index in [0.717, 1.165) is 5.56 Å². The molecule has 2 rings (SSSR count). The second kappa shape index (κ2) is 10.8. The number of aliphatic imine (C=N–C) groups is 1. The van der Waals surface area contributed by atoms with Crippen molar-refractivity contribution < 1.29 is 22.6 Å². The van der Waals surface area contributed by atoms with Crippen molar-refractivity contribution in [2.24, 2.45) is 4.99 Å². The first-order chi connectivity index (χ1) is 12.4. The van der Waals surface area contributed by atoms with Crippen LogP contribution in [0.2, 0.25) is 0 Å². The van der Waals surface area contributed by atoms with Crippen molar-refractivity contribution in [1.29, 1.82) is 0 Å². The Morgan fingerprint density at radius 1 is 1.30 bits per heavy atom. The maximum Gasteiger partial charge on any atom is 0.401 e. The summed E-state index contributed by atoms with van der Waals surface area (Å²) in [5, 5.41) is 6.34. The molecule has 0 spiro atoms. The van der Waals surface area contributed by atoms with E-state index in [2.05, 4.69) is 15.6 Å². The minimum atomic E-state index is -4.17. The fourth-order valence-corrected chi connectivity index (χ4v) is 3.01. The molecule has 2 N–H and O–H groups in total. The third kappa shape index (κ3) is 7.24. The van der Waals surface area contributed by atoms with Crippen molar-refractivity contribution in [3.63, 3.8) is 0 Å². The highest BCUT2D eigenvalue weighted by atomic mass is 127. The molecule has 1 heterocycles. The predicted octanol–water partition coefficient (Wildman–Crippen LogP) is 2.62. The lowest BCUT2D eigenvalue weighted by molar-refractivity contribution is -0.143. The van der Waals surface area contributed by atoms with Crippen molar-refractivity contribution in [3.05, 3.63) is 23.8 Å². The van der Waals surface area contributed by atoms with Gasteiger partial charge in [0, 0.05) is 38.3 Å². The molecule has 1 atom stereocenters. The highest BCUT2D eigenvalue weighted by Crippen LogP contribution is 2.30. The monoisotopic (exact) mass is 502 g/mol.